The van der Waals surface area contributed by atoms with Crippen molar-refractivity contribution in [2.24, 2.45) is 11.7 Å². The van der Waals surface area contributed by atoms with Gasteiger partial charge in [0.1, 0.15) is 0 Å². The van der Waals surface area contributed by atoms with Crippen molar-refractivity contribution in [1.29, 1.82) is 0 Å². The van der Waals surface area contributed by atoms with Crippen LogP contribution in [0.25, 0.3) is 0 Å². The van der Waals surface area contributed by atoms with E-state index in [-0.39, 0.29) is 12.2 Å². The van der Waals surface area contributed by atoms with Crippen LogP contribution < -0.4 is 5.73 Å². The smallest absolute Gasteiger partial charge is 0.0951 e. The molecule has 2 unspecified atom stereocenters. The Morgan fingerprint density at radius 3 is 2.53 bits per heavy atom. The van der Waals surface area contributed by atoms with Gasteiger partial charge >= 0.3 is 0 Å². The molecule has 2 N–H and O–H groups in total. The lowest BCUT2D eigenvalue weighted by atomic mass is 10.1. The highest BCUT2D eigenvalue weighted by molar-refractivity contribution is 6.30. The highest BCUT2D eigenvalue weighted by Crippen LogP contribution is 2.23. The zero-order valence-electron chi connectivity index (χ0n) is 10.8. The summed E-state index contributed by atoms with van der Waals surface area (Å²) in [5, 5.41) is 0.723. The fourth-order valence-corrected chi connectivity index (χ4v) is 2.18. The van der Waals surface area contributed by atoms with Crippen molar-refractivity contribution in [3.8, 4) is 0 Å². The lowest BCUT2D eigenvalue weighted by Gasteiger charge is -2.23. The second-order valence-corrected chi connectivity index (χ2v) is 5.29. The minimum Gasteiger partial charge on any atom is -0.369 e. The number of benzene rings is 1. The predicted molar refractivity (Wildman–Crippen MR) is 73.2 cm³/mol. The quantitative estimate of drug-likeness (QED) is 0.839. The third-order valence-corrected chi connectivity index (χ3v) is 2.87. The standard InChI is InChI=1S/C14H22ClNO/c1-10(2)7-11(3)17-14(9-16)12-5-4-6-13(15)8-12/h4-6,8,10-11,14H,7,9,16H2,1-3H3. The van der Waals surface area contributed by atoms with Crippen LogP contribution in [0.1, 0.15) is 38.9 Å². The Hall–Kier alpha value is -0.570. The second kappa shape index (κ2) is 7.00. The molecule has 0 saturated heterocycles. The van der Waals surface area contributed by atoms with Crippen molar-refractivity contribution >= 4 is 11.6 Å². The normalized spacial score (nSPS) is 14.9. The van der Waals surface area contributed by atoms with Gasteiger partial charge in [-0.3, -0.25) is 0 Å². The summed E-state index contributed by atoms with van der Waals surface area (Å²) in [5.41, 5.74) is 6.82. The van der Waals surface area contributed by atoms with E-state index in [9.17, 15) is 0 Å². The van der Waals surface area contributed by atoms with Gasteiger partial charge in [-0.25, -0.2) is 0 Å². The molecule has 0 saturated carbocycles. The van der Waals surface area contributed by atoms with E-state index in [1.807, 2.05) is 24.3 Å². The summed E-state index contributed by atoms with van der Waals surface area (Å²) in [5.74, 6) is 0.628. The molecule has 1 rings (SSSR count). The first-order chi connectivity index (χ1) is 8.02. The molecule has 0 aromatic heterocycles. The Bertz CT molecular complexity index is 341. The zero-order valence-corrected chi connectivity index (χ0v) is 11.6. The van der Waals surface area contributed by atoms with Crippen LogP contribution in [0.15, 0.2) is 24.3 Å². The van der Waals surface area contributed by atoms with Gasteiger partial charge in [-0.15, -0.1) is 0 Å². The van der Waals surface area contributed by atoms with Gasteiger partial charge in [0.15, 0.2) is 0 Å². The van der Waals surface area contributed by atoms with Crippen molar-refractivity contribution < 1.29 is 4.74 Å². The van der Waals surface area contributed by atoms with Crippen LogP contribution in [-0.4, -0.2) is 12.6 Å². The molecule has 0 aliphatic carbocycles. The maximum atomic E-state index is 5.97. The van der Waals surface area contributed by atoms with Gasteiger partial charge in [0.05, 0.1) is 12.2 Å². The number of rotatable bonds is 6. The van der Waals surface area contributed by atoms with Gasteiger partial charge in [0, 0.05) is 11.6 Å². The molecule has 0 bridgehead atoms. The Balaban J connectivity index is 2.65. The first-order valence-corrected chi connectivity index (χ1v) is 6.51. The van der Waals surface area contributed by atoms with E-state index in [1.54, 1.807) is 0 Å². The molecule has 2 nitrogen and oxygen atoms in total. The Morgan fingerprint density at radius 1 is 1.29 bits per heavy atom. The van der Waals surface area contributed by atoms with Crippen molar-refractivity contribution in [3.63, 3.8) is 0 Å². The van der Waals surface area contributed by atoms with Crippen LogP contribution in [0.2, 0.25) is 5.02 Å². The minimum absolute atomic E-state index is 0.0672. The molecule has 0 radical (unpaired) electrons. The van der Waals surface area contributed by atoms with Crippen molar-refractivity contribution in [2.45, 2.75) is 39.4 Å². The average molecular weight is 256 g/mol. The summed E-state index contributed by atoms with van der Waals surface area (Å²) < 4.78 is 5.97. The molecule has 0 aliphatic rings. The summed E-state index contributed by atoms with van der Waals surface area (Å²) in [6.45, 7) is 6.95. The maximum absolute atomic E-state index is 5.97. The van der Waals surface area contributed by atoms with Crippen LogP contribution in [-0.2, 0) is 4.74 Å². The highest BCUT2D eigenvalue weighted by atomic mass is 35.5. The molecule has 0 fully saturated rings. The molecule has 0 aliphatic heterocycles. The molecule has 0 spiro atoms. The van der Waals surface area contributed by atoms with Crippen molar-refractivity contribution in [3.05, 3.63) is 34.9 Å². The topological polar surface area (TPSA) is 35.2 Å². The van der Waals surface area contributed by atoms with Crippen LogP contribution in [0.4, 0.5) is 0 Å². The number of ether oxygens (including phenoxy) is 1. The number of nitrogens with two attached hydrogens (primary N) is 1. The summed E-state index contributed by atoms with van der Waals surface area (Å²) >= 11 is 5.97. The largest absolute Gasteiger partial charge is 0.369 e. The third-order valence-electron chi connectivity index (χ3n) is 2.63. The molecular formula is C14H22ClNO. The molecule has 17 heavy (non-hydrogen) atoms. The summed E-state index contributed by atoms with van der Waals surface area (Å²) in [7, 11) is 0. The van der Waals surface area contributed by atoms with E-state index in [4.69, 9.17) is 22.1 Å². The monoisotopic (exact) mass is 255 g/mol. The van der Waals surface area contributed by atoms with Crippen LogP contribution in [0, 0.1) is 5.92 Å². The third kappa shape index (κ3) is 5.07. The molecule has 0 amide bonds. The molecular weight excluding hydrogens is 234 g/mol. The zero-order chi connectivity index (χ0) is 12.8. The Kier molecular flexibility index (Phi) is 5.96. The van der Waals surface area contributed by atoms with Crippen molar-refractivity contribution in [1.82, 2.24) is 0 Å². The van der Waals surface area contributed by atoms with E-state index in [0.717, 1.165) is 17.0 Å². The van der Waals surface area contributed by atoms with Gasteiger partial charge in [0.2, 0.25) is 0 Å². The summed E-state index contributed by atoms with van der Waals surface area (Å²) in [6, 6.07) is 7.71. The van der Waals surface area contributed by atoms with Gasteiger partial charge in [-0.1, -0.05) is 37.6 Å². The summed E-state index contributed by atoms with van der Waals surface area (Å²) in [6.07, 6.45) is 1.18. The van der Waals surface area contributed by atoms with Crippen LogP contribution in [0.3, 0.4) is 0 Å². The van der Waals surface area contributed by atoms with Gasteiger partial charge in [-0.2, -0.15) is 0 Å². The molecule has 3 heteroatoms. The van der Waals surface area contributed by atoms with Gasteiger partial charge in [-0.05, 0) is 37.0 Å². The molecule has 1 aromatic rings. The highest BCUT2D eigenvalue weighted by Gasteiger charge is 2.15. The fourth-order valence-electron chi connectivity index (χ4n) is 1.98. The Morgan fingerprint density at radius 2 is 2.00 bits per heavy atom. The van der Waals surface area contributed by atoms with Gasteiger partial charge < -0.3 is 10.5 Å². The fraction of sp³-hybridized carbons (Fsp3) is 0.571. The van der Waals surface area contributed by atoms with Gasteiger partial charge in [0.25, 0.3) is 0 Å². The molecule has 0 heterocycles. The lowest BCUT2D eigenvalue weighted by Crippen LogP contribution is -2.22. The predicted octanol–water partition coefficient (Wildman–Crippen LogP) is 3.79. The first-order valence-electron chi connectivity index (χ1n) is 6.14. The molecule has 1 aromatic carbocycles. The number of hydrogen-bond donors (Lipinski definition) is 1. The average Bonchev–Trinajstić information content (AvgIpc) is 2.24. The van der Waals surface area contributed by atoms with E-state index >= 15 is 0 Å². The van der Waals surface area contributed by atoms with Crippen LogP contribution in [0.5, 0.6) is 0 Å². The first kappa shape index (κ1) is 14.5. The SMILES string of the molecule is CC(C)CC(C)OC(CN)c1cccc(Cl)c1. The Labute approximate surface area is 109 Å². The number of hydrogen-bond acceptors (Lipinski definition) is 2. The lowest BCUT2D eigenvalue weighted by molar-refractivity contribution is -0.00840. The summed E-state index contributed by atoms with van der Waals surface area (Å²) in [4.78, 5) is 0. The van der Waals surface area contributed by atoms with Crippen LogP contribution >= 0.6 is 11.6 Å². The van der Waals surface area contributed by atoms with Crippen molar-refractivity contribution in [2.75, 3.05) is 6.54 Å². The van der Waals surface area contributed by atoms with E-state index < -0.39 is 0 Å². The van der Waals surface area contributed by atoms with E-state index in [1.165, 1.54) is 0 Å². The second-order valence-electron chi connectivity index (χ2n) is 4.86. The molecule has 2 atom stereocenters. The van der Waals surface area contributed by atoms with E-state index in [0.29, 0.717) is 12.5 Å². The minimum atomic E-state index is -0.0672. The maximum Gasteiger partial charge on any atom is 0.0951 e. The number of halogens is 1. The van der Waals surface area contributed by atoms with E-state index in [2.05, 4.69) is 20.8 Å². The molecule has 96 valence electrons.